The van der Waals surface area contributed by atoms with Crippen molar-refractivity contribution in [2.45, 2.75) is 30.4 Å². The Kier molecular flexibility index (Phi) is 2.59. The molecule has 2 aliphatic heterocycles. The van der Waals surface area contributed by atoms with Gasteiger partial charge in [0.25, 0.3) is 0 Å². The van der Waals surface area contributed by atoms with Crippen LogP contribution in [0.5, 0.6) is 5.75 Å². The van der Waals surface area contributed by atoms with Crippen molar-refractivity contribution >= 4 is 0 Å². The van der Waals surface area contributed by atoms with Gasteiger partial charge in [0.2, 0.25) is 0 Å². The van der Waals surface area contributed by atoms with Crippen LogP contribution in [-0.2, 0) is 21.3 Å². The van der Waals surface area contributed by atoms with Crippen molar-refractivity contribution in [1.82, 2.24) is 5.32 Å². The summed E-state index contributed by atoms with van der Waals surface area (Å²) >= 11 is 0. The minimum atomic E-state index is 0.0102. The highest BCUT2D eigenvalue weighted by Crippen LogP contribution is 2.46. The summed E-state index contributed by atoms with van der Waals surface area (Å²) in [6, 6.07) is 6.84. The van der Waals surface area contributed by atoms with E-state index >= 15 is 0 Å². The molecule has 0 amide bonds. The normalized spacial score (nSPS) is 36.3. The molecular weight excluding hydrogens is 242 g/mol. The van der Waals surface area contributed by atoms with Gasteiger partial charge in [-0.05, 0) is 42.6 Å². The summed E-state index contributed by atoms with van der Waals surface area (Å²) < 4.78 is 17.0. The molecular formula is C15H19NO3. The van der Waals surface area contributed by atoms with Crippen LogP contribution in [-0.4, -0.2) is 39.2 Å². The Morgan fingerprint density at radius 2 is 2.37 bits per heavy atom. The first-order valence-corrected chi connectivity index (χ1v) is 6.94. The first-order chi connectivity index (χ1) is 9.33. The summed E-state index contributed by atoms with van der Waals surface area (Å²) in [5.74, 6) is 0.925. The molecule has 0 aromatic heterocycles. The van der Waals surface area contributed by atoms with Crippen LogP contribution in [0.2, 0.25) is 0 Å². The van der Waals surface area contributed by atoms with Gasteiger partial charge < -0.3 is 19.5 Å². The van der Waals surface area contributed by atoms with E-state index in [4.69, 9.17) is 14.2 Å². The summed E-state index contributed by atoms with van der Waals surface area (Å²) in [6.07, 6.45) is 2.33. The zero-order chi connectivity index (χ0) is 12.9. The Morgan fingerprint density at radius 1 is 1.42 bits per heavy atom. The average Bonchev–Trinajstić information content (AvgIpc) is 2.47. The number of methoxy groups -OCH3 is 1. The Labute approximate surface area is 113 Å². The van der Waals surface area contributed by atoms with Gasteiger partial charge in [0.05, 0.1) is 19.8 Å². The van der Waals surface area contributed by atoms with Gasteiger partial charge in [-0.15, -0.1) is 0 Å². The van der Waals surface area contributed by atoms with Crippen LogP contribution in [0.4, 0.5) is 0 Å². The third-order valence-electron chi connectivity index (χ3n) is 4.87. The highest BCUT2D eigenvalue weighted by molar-refractivity contribution is 5.46. The minimum Gasteiger partial charge on any atom is -0.497 e. The zero-order valence-corrected chi connectivity index (χ0v) is 11.1. The third kappa shape index (κ3) is 1.57. The van der Waals surface area contributed by atoms with Crippen molar-refractivity contribution in [3.8, 4) is 5.75 Å². The van der Waals surface area contributed by atoms with E-state index in [1.54, 1.807) is 7.11 Å². The van der Waals surface area contributed by atoms with Gasteiger partial charge in [0.15, 0.2) is 0 Å². The predicted octanol–water partition coefficient (Wildman–Crippen LogP) is 1.22. The fourth-order valence-corrected chi connectivity index (χ4v) is 4.00. The Balaban J connectivity index is 1.88. The molecule has 2 heterocycles. The fourth-order valence-electron chi connectivity index (χ4n) is 4.00. The summed E-state index contributed by atoms with van der Waals surface area (Å²) in [6.45, 7) is 2.21. The van der Waals surface area contributed by atoms with Crippen LogP contribution < -0.4 is 10.1 Å². The van der Waals surface area contributed by atoms with Gasteiger partial charge >= 0.3 is 0 Å². The molecule has 1 aromatic rings. The number of benzene rings is 1. The molecule has 19 heavy (non-hydrogen) atoms. The van der Waals surface area contributed by atoms with E-state index < -0.39 is 0 Å². The lowest BCUT2D eigenvalue weighted by Crippen LogP contribution is -2.66. The number of rotatable bonds is 1. The second kappa shape index (κ2) is 4.20. The number of ether oxygens (including phenoxy) is 3. The molecule has 0 saturated carbocycles. The second-order valence-corrected chi connectivity index (χ2v) is 5.75. The number of fused-ring (bicyclic) bond motifs is 1. The molecule has 2 fully saturated rings. The summed E-state index contributed by atoms with van der Waals surface area (Å²) in [5, 5.41) is 3.60. The van der Waals surface area contributed by atoms with E-state index in [1.807, 2.05) is 0 Å². The van der Waals surface area contributed by atoms with Crippen LogP contribution in [0.25, 0.3) is 0 Å². The van der Waals surface area contributed by atoms with Crippen molar-refractivity contribution in [2.75, 3.05) is 27.1 Å². The molecule has 102 valence electrons. The lowest BCUT2D eigenvalue weighted by Gasteiger charge is -2.54. The molecule has 0 unspecified atom stereocenters. The van der Waals surface area contributed by atoms with Crippen LogP contribution in [0.15, 0.2) is 18.2 Å². The van der Waals surface area contributed by atoms with Gasteiger partial charge in [-0.2, -0.15) is 0 Å². The summed E-state index contributed by atoms with van der Waals surface area (Å²) in [4.78, 5) is 0. The molecule has 2 saturated heterocycles. The molecule has 3 atom stereocenters. The van der Waals surface area contributed by atoms with Crippen molar-refractivity contribution in [1.29, 1.82) is 0 Å². The maximum Gasteiger partial charge on any atom is 0.147 e. The fraction of sp³-hybridized carbons (Fsp3) is 0.600. The van der Waals surface area contributed by atoms with E-state index in [2.05, 4.69) is 23.5 Å². The number of hydrogen-bond donors (Lipinski definition) is 1. The quantitative estimate of drug-likeness (QED) is 0.825. The van der Waals surface area contributed by atoms with Crippen LogP contribution in [0, 0.1) is 0 Å². The van der Waals surface area contributed by atoms with Gasteiger partial charge in [0.1, 0.15) is 12.5 Å². The van der Waals surface area contributed by atoms with Crippen molar-refractivity contribution in [3.05, 3.63) is 29.3 Å². The molecule has 0 radical (unpaired) electrons. The maximum absolute atomic E-state index is 5.94. The van der Waals surface area contributed by atoms with E-state index in [0.29, 0.717) is 12.8 Å². The average molecular weight is 261 g/mol. The SMILES string of the molecule is COc1ccc2c(c1)[C@]13CCN[C@H](C2)[C@@H]1OCOC3. The first-order valence-electron chi connectivity index (χ1n) is 6.94. The van der Waals surface area contributed by atoms with E-state index in [1.165, 1.54) is 11.1 Å². The minimum absolute atomic E-state index is 0.0102. The maximum atomic E-state index is 5.94. The highest BCUT2D eigenvalue weighted by atomic mass is 16.7. The topological polar surface area (TPSA) is 39.7 Å². The Morgan fingerprint density at radius 3 is 3.26 bits per heavy atom. The molecule has 3 aliphatic rings. The zero-order valence-electron chi connectivity index (χ0n) is 11.1. The van der Waals surface area contributed by atoms with E-state index in [-0.39, 0.29) is 11.5 Å². The van der Waals surface area contributed by atoms with Gasteiger partial charge in [0, 0.05) is 11.5 Å². The van der Waals surface area contributed by atoms with Crippen molar-refractivity contribution in [2.24, 2.45) is 0 Å². The molecule has 0 spiro atoms. The first kappa shape index (κ1) is 11.7. The monoisotopic (exact) mass is 261 g/mol. The second-order valence-electron chi connectivity index (χ2n) is 5.75. The predicted molar refractivity (Wildman–Crippen MR) is 70.5 cm³/mol. The van der Waals surface area contributed by atoms with Gasteiger partial charge in [-0.1, -0.05) is 6.07 Å². The Hall–Kier alpha value is -1.10. The number of hydrogen-bond acceptors (Lipinski definition) is 4. The number of piperidine rings is 1. The largest absolute Gasteiger partial charge is 0.497 e. The molecule has 2 bridgehead atoms. The van der Waals surface area contributed by atoms with Gasteiger partial charge in [-0.25, -0.2) is 0 Å². The lowest BCUT2D eigenvalue weighted by molar-refractivity contribution is -0.204. The number of nitrogens with one attached hydrogen (secondary N) is 1. The molecule has 4 nitrogen and oxygen atoms in total. The lowest BCUT2D eigenvalue weighted by atomic mass is 9.62. The van der Waals surface area contributed by atoms with Crippen molar-refractivity contribution < 1.29 is 14.2 Å². The smallest absolute Gasteiger partial charge is 0.147 e. The van der Waals surface area contributed by atoms with E-state index in [0.717, 1.165) is 31.7 Å². The molecule has 1 aliphatic carbocycles. The molecule has 4 heteroatoms. The third-order valence-corrected chi connectivity index (χ3v) is 4.87. The Bertz CT molecular complexity index is 500. The standard InChI is InChI=1S/C15H19NO3/c1-17-11-3-2-10-6-13-14-15(4-5-16-13,12(10)7-11)8-18-9-19-14/h2-3,7,13-14,16H,4-6,8-9H2,1H3/t13-,14+,15-/m1/s1. The van der Waals surface area contributed by atoms with Crippen molar-refractivity contribution in [3.63, 3.8) is 0 Å². The molecule has 1 aromatic carbocycles. The van der Waals surface area contributed by atoms with Gasteiger partial charge in [-0.3, -0.25) is 0 Å². The van der Waals surface area contributed by atoms with E-state index in [9.17, 15) is 0 Å². The molecule has 4 rings (SSSR count). The highest BCUT2D eigenvalue weighted by Gasteiger charge is 2.53. The molecule has 1 N–H and O–H groups in total. The van der Waals surface area contributed by atoms with Crippen LogP contribution in [0.1, 0.15) is 17.5 Å². The summed E-state index contributed by atoms with van der Waals surface area (Å²) in [5.41, 5.74) is 2.79. The summed E-state index contributed by atoms with van der Waals surface area (Å²) in [7, 11) is 1.72. The van der Waals surface area contributed by atoms with Crippen LogP contribution in [0.3, 0.4) is 0 Å². The van der Waals surface area contributed by atoms with Crippen LogP contribution >= 0.6 is 0 Å².